The van der Waals surface area contributed by atoms with Crippen LogP contribution >= 0.6 is 12.6 Å². The van der Waals surface area contributed by atoms with Crippen LogP contribution in [-0.2, 0) is 19.1 Å². The molecule has 9 heteroatoms. The van der Waals surface area contributed by atoms with Gasteiger partial charge in [-0.25, -0.2) is 9.59 Å². The number of rotatable bonds is 5. The van der Waals surface area contributed by atoms with Crippen molar-refractivity contribution in [3.05, 3.63) is 34.9 Å². The quantitative estimate of drug-likeness (QED) is 0.112. The minimum atomic E-state index is -1.64. The van der Waals surface area contributed by atoms with Gasteiger partial charge in [-0.2, -0.15) is 12.6 Å². The highest BCUT2D eigenvalue weighted by atomic mass is 32.1. The molecule has 0 aromatic heterocycles. The summed E-state index contributed by atoms with van der Waals surface area (Å²) in [5.41, 5.74) is -2.14. The SMILES string of the molecule is C/C=C(/C)C(=O)O[C@H]1[C@H](OC(=O)/C(C)=C\C)[C@](C)(O)CC2C3=CCC4[C@@]5(C)CC[C@H](O)[C@@](C)(S)C5CC[C@@]4(C)[C@]3(C)C[C@@H](O)[C@]21CO. The van der Waals surface area contributed by atoms with Crippen molar-refractivity contribution in [3.8, 4) is 0 Å². The summed E-state index contributed by atoms with van der Waals surface area (Å²) in [6.45, 7) is 16.8. The highest BCUT2D eigenvalue weighted by Crippen LogP contribution is 2.75. The van der Waals surface area contributed by atoms with Gasteiger partial charge in [0.25, 0.3) is 0 Å². The lowest BCUT2D eigenvalue weighted by Crippen LogP contribution is -2.74. The molecule has 0 radical (unpaired) electrons. The molecule has 264 valence electrons. The standard InChI is InChI=1S/C38H58O8S/c1-10-21(3)31(42)45-29-30(46-32(43)22(4)11-2)38(20-39)24(18-36(29,8)44)23-12-13-25-33(5)16-15-27(40)37(9,47)26(33)14-17-34(25,6)35(23,7)19-28(38)41/h10-12,24-30,39-41,44,47H,13-20H2,1-9H3/b21-10-,22-11-/t24?,25?,26?,27-,28+,29-,30-,33+,34+,35+,36+,37-,38-/m0/s1. The Labute approximate surface area is 286 Å². The number of aliphatic hydroxyl groups excluding tert-OH is 3. The maximum atomic E-state index is 13.4. The Hall–Kier alpha value is -1.65. The fourth-order valence-electron chi connectivity index (χ4n) is 11.3. The van der Waals surface area contributed by atoms with Crippen LogP contribution in [0.25, 0.3) is 0 Å². The van der Waals surface area contributed by atoms with Gasteiger partial charge in [-0.05, 0) is 120 Å². The number of carbonyl (C=O) groups is 2. The second-order valence-electron chi connectivity index (χ2n) is 16.8. The molecule has 3 unspecified atom stereocenters. The first-order valence-electron chi connectivity index (χ1n) is 17.5. The van der Waals surface area contributed by atoms with E-state index in [1.165, 1.54) is 0 Å². The number of aliphatic hydroxyl groups is 4. The Morgan fingerprint density at radius 3 is 2.02 bits per heavy atom. The van der Waals surface area contributed by atoms with Crippen LogP contribution in [0.15, 0.2) is 34.9 Å². The van der Waals surface area contributed by atoms with E-state index in [0.29, 0.717) is 24.0 Å². The summed E-state index contributed by atoms with van der Waals surface area (Å²) in [7, 11) is 0. The van der Waals surface area contributed by atoms with Crippen LogP contribution in [-0.4, -0.2) is 73.7 Å². The minimum absolute atomic E-state index is 0.0751. The Kier molecular flexibility index (Phi) is 9.35. The second kappa shape index (κ2) is 12.0. The third kappa shape index (κ3) is 5.06. The summed E-state index contributed by atoms with van der Waals surface area (Å²) in [6.07, 6.45) is 5.86. The van der Waals surface area contributed by atoms with Crippen molar-refractivity contribution in [2.24, 2.45) is 39.4 Å². The van der Waals surface area contributed by atoms with E-state index < -0.39 is 70.1 Å². The van der Waals surface area contributed by atoms with Crippen LogP contribution < -0.4 is 0 Å². The monoisotopic (exact) mass is 674 g/mol. The maximum absolute atomic E-state index is 13.4. The third-order valence-corrected chi connectivity index (χ3v) is 15.3. The second-order valence-corrected chi connectivity index (χ2v) is 17.7. The molecule has 4 fully saturated rings. The highest BCUT2D eigenvalue weighted by molar-refractivity contribution is 7.81. The van der Waals surface area contributed by atoms with Gasteiger partial charge in [0.05, 0.1) is 24.2 Å². The molecule has 0 amide bonds. The van der Waals surface area contributed by atoms with Crippen LogP contribution in [0.4, 0.5) is 0 Å². The largest absolute Gasteiger partial charge is 0.454 e. The predicted octanol–water partition coefficient (Wildman–Crippen LogP) is 5.48. The van der Waals surface area contributed by atoms with Gasteiger partial charge < -0.3 is 29.9 Å². The van der Waals surface area contributed by atoms with Gasteiger partial charge in [0.1, 0.15) is 5.60 Å². The van der Waals surface area contributed by atoms with E-state index in [0.717, 1.165) is 31.3 Å². The molecule has 0 heterocycles. The van der Waals surface area contributed by atoms with Crippen LogP contribution in [0.2, 0.25) is 0 Å². The Morgan fingerprint density at radius 1 is 0.894 bits per heavy atom. The lowest BCUT2D eigenvalue weighted by atomic mass is 9.34. The molecule has 0 aliphatic heterocycles. The van der Waals surface area contributed by atoms with Crippen LogP contribution in [0.3, 0.4) is 0 Å². The van der Waals surface area contributed by atoms with Crippen LogP contribution in [0.1, 0.15) is 107 Å². The number of ether oxygens (including phenoxy) is 2. The molecule has 4 saturated carbocycles. The van der Waals surface area contributed by atoms with E-state index in [1.807, 2.05) is 0 Å². The summed E-state index contributed by atoms with van der Waals surface area (Å²) < 4.78 is 11.6. The maximum Gasteiger partial charge on any atom is 0.333 e. The predicted molar refractivity (Wildman–Crippen MR) is 183 cm³/mol. The highest BCUT2D eigenvalue weighted by Gasteiger charge is 2.74. The van der Waals surface area contributed by atoms with Crippen molar-refractivity contribution < 1.29 is 39.5 Å². The first-order chi connectivity index (χ1) is 21.7. The molecule has 5 rings (SSSR count). The van der Waals surface area contributed by atoms with E-state index in [2.05, 4.69) is 33.8 Å². The van der Waals surface area contributed by atoms with Crippen LogP contribution in [0.5, 0.6) is 0 Å². The molecule has 5 aliphatic carbocycles. The summed E-state index contributed by atoms with van der Waals surface area (Å²) in [5.74, 6) is -1.37. The number of hydrogen-bond acceptors (Lipinski definition) is 9. The van der Waals surface area contributed by atoms with Crippen molar-refractivity contribution in [2.45, 2.75) is 142 Å². The molecule has 0 spiro atoms. The lowest BCUT2D eigenvalue weighted by molar-refractivity contribution is -0.276. The van der Waals surface area contributed by atoms with Crippen molar-refractivity contribution in [1.29, 1.82) is 0 Å². The number of carbonyl (C=O) groups excluding carboxylic acids is 2. The van der Waals surface area contributed by atoms with Crippen molar-refractivity contribution >= 4 is 24.6 Å². The van der Waals surface area contributed by atoms with Gasteiger partial charge >= 0.3 is 11.9 Å². The summed E-state index contributed by atoms with van der Waals surface area (Å²) in [6, 6.07) is 0. The third-order valence-electron chi connectivity index (χ3n) is 14.7. The normalized spacial score (nSPS) is 49.8. The molecule has 0 aromatic carbocycles. The average Bonchev–Trinajstić information content (AvgIpc) is 3.00. The van der Waals surface area contributed by atoms with Gasteiger partial charge in [0.15, 0.2) is 12.2 Å². The molecular weight excluding hydrogens is 616 g/mol. The summed E-state index contributed by atoms with van der Waals surface area (Å²) in [4.78, 5) is 26.6. The smallest absolute Gasteiger partial charge is 0.333 e. The lowest BCUT2D eigenvalue weighted by Gasteiger charge is -2.72. The number of esters is 2. The van der Waals surface area contributed by atoms with Crippen molar-refractivity contribution in [2.75, 3.05) is 6.61 Å². The van der Waals surface area contributed by atoms with Gasteiger partial charge in [0.2, 0.25) is 0 Å². The first-order valence-corrected chi connectivity index (χ1v) is 18.0. The average molecular weight is 675 g/mol. The first kappa shape index (κ1) is 36.6. The zero-order valence-electron chi connectivity index (χ0n) is 29.8. The van der Waals surface area contributed by atoms with E-state index in [9.17, 15) is 30.0 Å². The van der Waals surface area contributed by atoms with Crippen molar-refractivity contribution in [1.82, 2.24) is 0 Å². The summed E-state index contributed by atoms with van der Waals surface area (Å²) in [5, 5.41) is 47.0. The number of fused-ring (bicyclic) bond motifs is 7. The number of thiol groups is 1. The summed E-state index contributed by atoms with van der Waals surface area (Å²) >= 11 is 5.07. The molecule has 4 N–H and O–H groups in total. The van der Waals surface area contributed by atoms with E-state index in [4.69, 9.17) is 22.1 Å². The number of allylic oxidation sites excluding steroid dienone is 4. The van der Waals surface area contributed by atoms with E-state index >= 15 is 0 Å². The van der Waals surface area contributed by atoms with Gasteiger partial charge in [-0.1, -0.05) is 44.6 Å². The van der Waals surface area contributed by atoms with Gasteiger partial charge in [-0.3, -0.25) is 0 Å². The topological polar surface area (TPSA) is 134 Å². The minimum Gasteiger partial charge on any atom is -0.454 e. The van der Waals surface area contributed by atoms with Crippen LogP contribution in [0, 0.1) is 39.4 Å². The van der Waals surface area contributed by atoms with Gasteiger partial charge in [0, 0.05) is 15.9 Å². The molecule has 5 aliphatic rings. The zero-order chi connectivity index (χ0) is 35.1. The van der Waals surface area contributed by atoms with E-state index in [-0.39, 0.29) is 29.1 Å². The fourth-order valence-corrected chi connectivity index (χ4v) is 11.9. The molecule has 47 heavy (non-hydrogen) atoms. The molecule has 13 atom stereocenters. The Balaban J connectivity index is 1.65. The van der Waals surface area contributed by atoms with Crippen molar-refractivity contribution in [3.63, 3.8) is 0 Å². The van der Waals surface area contributed by atoms with E-state index in [1.54, 1.807) is 46.8 Å². The zero-order valence-corrected chi connectivity index (χ0v) is 30.7. The molecule has 8 nitrogen and oxygen atoms in total. The Morgan fingerprint density at radius 2 is 1.47 bits per heavy atom. The fraction of sp³-hybridized carbons (Fsp3) is 0.789. The van der Waals surface area contributed by atoms with Gasteiger partial charge in [-0.15, -0.1) is 0 Å². The molecule has 0 bridgehead atoms. The molecule has 0 aromatic rings. The Bertz CT molecular complexity index is 1380. The molecular formula is C38H58O8S. The number of hydrogen-bond donors (Lipinski definition) is 5. The molecule has 0 saturated heterocycles.